The Balaban J connectivity index is 1.81. The van der Waals surface area contributed by atoms with Crippen LogP contribution in [0, 0.1) is 5.92 Å². The minimum absolute atomic E-state index is 0.0400. The van der Waals surface area contributed by atoms with Gasteiger partial charge in [-0.25, -0.2) is 4.79 Å². The quantitative estimate of drug-likeness (QED) is 0.485. The van der Waals surface area contributed by atoms with Gasteiger partial charge in [-0.05, 0) is 55.5 Å². The number of hydrogen-bond acceptors (Lipinski definition) is 5. The molecule has 0 aliphatic heterocycles. The second-order valence-corrected chi connectivity index (χ2v) is 6.33. The second-order valence-electron chi connectivity index (χ2n) is 6.33. The van der Waals surface area contributed by atoms with E-state index >= 15 is 0 Å². The lowest BCUT2D eigenvalue weighted by molar-refractivity contribution is -0.111. The summed E-state index contributed by atoms with van der Waals surface area (Å²) in [5.74, 6) is -0.145. The number of oxime groups is 1. The highest BCUT2D eigenvalue weighted by atomic mass is 16.7. The van der Waals surface area contributed by atoms with E-state index in [1.807, 2.05) is 31.1 Å². The van der Waals surface area contributed by atoms with Gasteiger partial charge in [0.25, 0.3) is 0 Å². The van der Waals surface area contributed by atoms with E-state index in [2.05, 4.69) is 5.16 Å². The van der Waals surface area contributed by atoms with E-state index in [1.54, 1.807) is 31.2 Å². The van der Waals surface area contributed by atoms with Crippen LogP contribution in [0.4, 0.5) is 5.69 Å². The predicted octanol–water partition coefficient (Wildman–Crippen LogP) is 3.13. The third-order valence-corrected chi connectivity index (χ3v) is 4.18. The van der Waals surface area contributed by atoms with Crippen molar-refractivity contribution in [1.82, 2.24) is 0 Å². The molecule has 0 heterocycles. The van der Waals surface area contributed by atoms with Crippen molar-refractivity contribution in [3.63, 3.8) is 0 Å². The van der Waals surface area contributed by atoms with Gasteiger partial charge >= 0.3 is 5.97 Å². The monoisotopic (exact) mass is 324 g/mol. The van der Waals surface area contributed by atoms with Gasteiger partial charge in [0.05, 0.1) is 11.3 Å². The van der Waals surface area contributed by atoms with Crippen molar-refractivity contribution in [2.75, 3.05) is 19.0 Å². The van der Waals surface area contributed by atoms with Gasteiger partial charge < -0.3 is 9.74 Å². The van der Waals surface area contributed by atoms with Crippen molar-refractivity contribution in [2.24, 2.45) is 11.1 Å². The fourth-order valence-electron chi connectivity index (χ4n) is 2.67. The molecule has 5 heteroatoms. The number of rotatable bonds is 4. The van der Waals surface area contributed by atoms with Crippen LogP contribution in [0.3, 0.4) is 0 Å². The number of para-hydroxylation sites is 1. The fourth-order valence-corrected chi connectivity index (χ4v) is 2.67. The highest BCUT2D eigenvalue weighted by Crippen LogP contribution is 2.38. The molecule has 3 rings (SSSR count). The Bertz CT molecular complexity index is 784. The SMILES string of the molecule is CC1=CC(=O)C(C2CC2)=C/C1=N/OC(=O)c1ccccc1N(C)C. The minimum Gasteiger partial charge on any atom is -0.377 e. The summed E-state index contributed by atoms with van der Waals surface area (Å²) in [6.07, 6.45) is 5.38. The average Bonchev–Trinajstić information content (AvgIpc) is 3.38. The molecule has 0 aromatic heterocycles. The first-order chi connectivity index (χ1) is 11.5. The maximum atomic E-state index is 12.3. The molecular formula is C19H20N2O3. The van der Waals surface area contributed by atoms with Gasteiger partial charge in [0, 0.05) is 19.7 Å². The molecule has 124 valence electrons. The smallest absolute Gasteiger partial charge is 0.367 e. The van der Waals surface area contributed by atoms with E-state index in [4.69, 9.17) is 4.84 Å². The van der Waals surface area contributed by atoms with Gasteiger partial charge in [0.15, 0.2) is 5.78 Å². The molecule has 0 N–H and O–H groups in total. The van der Waals surface area contributed by atoms with Crippen LogP contribution in [0.25, 0.3) is 0 Å². The van der Waals surface area contributed by atoms with Crippen molar-refractivity contribution in [3.05, 3.63) is 53.1 Å². The Labute approximate surface area is 141 Å². The van der Waals surface area contributed by atoms with Crippen LogP contribution in [0.1, 0.15) is 30.1 Å². The highest BCUT2D eigenvalue weighted by molar-refractivity contribution is 6.22. The van der Waals surface area contributed by atoms with Gasteiger partial charge in [0.1, 0.15) is 5.71 Å². The molecule has 1 aromatic carbocycles. The van der Waals surface area contributed by atoms with E-state index in [0.29, 0.717) is 22.8 Å². The largest absolute Gasteiger partial charge is 0.377 e. The third kappa shape index (κ3) is 3.30. The zero-order chi connectivity index (χ0) is 17.3. The molecule has 0 spiro atoms. The molecule has 1 aromatic rings. The minimum atomic E-state index is -0.516. The molecule has 1 saturated carbocycles. The lowest BCUT2D eigenvalue weighted by Gasteiger charge is -2.15. The first-order valence-corrected chi connectivity index (χ1v) is 7.97. The molecular weight excluding hydrogens is 304 g/mol. The summed E-state index contributed by atoms with van der Waals surface area (Å²) in [4.78, 5) is 31.3. The molecule has 0 saturated heterocycles. The molecule has 0 amide bonds. The lowest BCUT2D eigenvalue weighted by atomic mass is 9.94. The van der Waals surface area contributed by atoms with Crippen molar-refractivity contribution in [1.29, 1.82) is 0 Å². The molecule has 0 unspecified atom stereocenters. The molecule has 0 bridgehead atoms. The zero-order valence-corrected chi connectivity index (χ0v) is 14.1. The standard InChI is InChI=1S/C19H20N2O3/c1-12-10-18(22)15(13-8-9-13)11-16(12)20-24-19(23)14-6-4-5-7-17(14)21(2)3/h4-7,10-11,13H,8-9H2,1-3H3/b20-16-. The molecule has 2 aliphatic carbocycles. The Morgan fingerprint density at radius 3 is 2.58 bits per heavy atom. The van der Waals surface area contributed by atoms with Crippen molar-refractivity contribution in [3.8, 4) is 0 Å². The van der Waals surface area contributed by atoms with Gasteiger partial charge in [-0.15, -0.1) is 0 Å². The maximum absolute atomic E-state index is 12.3. The van der Waals surface area contributed by atoms with Crippen LogP contribution in [-0.4, -0.2) is 31.6 Å². The summed E-state index contributed by atoms with van der Waals surface area (Å²) in [7, 11) is 3.73. The first kappa shape index (κ1) is 16.2. The lowest BCUT2D eigenvalue weighted by Crippen LogP contribution is -2.16. The van der Waals surface area contributed by atoms with E-state index in [0.717, 1.165) is 24.1 Å². The van der Waals surface area contributed by atoms with E-state index in [-0.39, 0.29) is 5.78 Å². The number of anilines is 1. The number of carbonyl (C=O) groups is 2. The maximum Gasteiger partial charge on any atom is 0.367 e. The molecule has 0 atom stereocenters. The first-order valence-electron chi connectivity index (χ1n) is 7.97. The zero-order valence-electron chi connectivity index (χ0n) is 14.1. The normalized spacial score (nSPS) is 19.0. The molecule has 24 heavy (non-hydrogen) atoms. The number of allylic oxidation sites excluding steroid dienone is 4. The Hall–Kier alpha value is -2.69. The molecule has 1 fully saturated rings. The summed E-state index contributed by atoms with van der Waals surface area (Å²) in [5.41, 5.74) is 3.23. The summed E-state index contributed by atoms with van der Waals surface area (Å²) < 4.78 is 0. The Morgan fingerprint density at radius 1 is 1.21 bits per heavy atom. The molecule has 2 aliphatic rings. The highest BCUT2D eigenvalue weighted by Gasteiger charge is 2.32. The fraction of sp³-hybridized carbons (Fsp3) is 0.316. The Kier molecular flexibility index (Phi) is 4.34. The molecule has 5 nitrogen and oxygen atoms in total. The Morgan fingerprint density at radius 2 is 1.92 bits per heavy atom. The van der Waals surface area contributed by atoms with E-state index in [9.17, 15) is 9.59 Å². The average molecular weight is 324 g/mol. The van der Waals surface area contributed by atoms with E-state index in [1.165, 1.54) is 0 Å². The van der Waals surface area contributed by atoms with Crippen LogP contribution in [-0.2, 0) is 9.63 Å². The van der Waals surface area contributed by atoms with Gasteiger partial charge in [-0.1, -0.05) is 17.3 Å². The second kappa shape index (κ2) is 6.43. The van der Waals surface area contributed by atoms with Crippen LogP contribution < -0.4 is 4.90 Å². The van der Waals surface area contributed by atoms with Crippen molar-refractivity contribution in [2.45, 2.75) is 19.8 Å². The third-order valence-electron chi connectivity index (χ3n) is 4.18. The van der Waals surface area contributed by atoms with Crippen LogP contribution >= 0.6 is 0 Å². The summed E-state index contributed by atoms with van der Waals surface area (Å²) >= 11 is 0. The number of carbonyl (C=O) groups excluding carboxylic acids is 2. The van der Waals surface area contributed by atoms with Crippen molar-refractivity contribution >= 4 is 23.2 Å². The van der Waals surface area contributed by atoms with Crippen LogP contribution in [0.2, 0.25) is 0 Å². The van der Waals surface area contributed by atoms with Gasteiger partial charge in [-0.2, -0.15) is 0 Å². The van der Waals surface area contributed by atoms with Crippen LogP contribution in [0.5, 0.6) is 0 Å². The number of hydrogen-bond donors (Lipinski definition) is 0. The topological polar surface area (TPSA) is 59.0 Å². The van der Waals surface area contributed by atoms with Gasteiger partial charge in [-0.3, -0.25) is 4.79 Å². The van der Waals surface area contributed by atoms with Crippen molar-refractivity contribution < 1.29 is 14.4 Å². The summed E-state index contributed by atoms with van der Waals surface area (Å²) in [5, 5.41) is 3.99. The van der Waals surface area contributed by atoms with Crippen LogP contribution in [0.15, 0.2) is 52.7 Å². The number of nitrogens with zero attached hydrogens (tertiary/aromatic N) is 2. The number of benzene rings is 1. The molecule has 0 radical (unpaired) electrons. The predicted molar refractivity (Wildman–Crippen MR) is 93.2 cm³/mol. The van der Waals surface area contributed by atoms with E-state index < -0.39 is 5.97 Å². The summed E-state index contributed by atoms with van der Waals surface area (Å²) in [6.45, 7) is 1.79. The van der Waals surface area contributed by atoms with Gasteiger partial charge in [0.2, 0.25) is 0 Å². The number of ketones is 1. The summed E-state index contributed by atoms with van der Waals surface area (Å²) in [6, 6.07) is 7.20.